The molecule has 0 aromatic rings. The Hall–Kier alpha value is -1.36. The monoisotopic (exact) mass is 173 g/mol. The van der Waals surface area contributed by atoms with Gasteiger partial charge in [0.2, 0.25) is 0 Å². The zero-order valence-corrected chi connectivity index (χ0v) is 6.74. The first-order chi connectivity index (χ1) is 5.61. The van der Waals surface area contributed by atoms with Gasteiger partial charge in [-0.25, -0.2) is 4.79 Å². The number of esters is 1. The molecule has 3 N–H and O–H groups in total. The summed E-state index contributed by atoms with van der Waals surface area (Å²) in [5.41, 5.74) is 5.03. The van der Waals surface area contributed by atoms with Crippen LogP contribution >= 0.6 is 0 Å². The molecule has 0 fully saturated rings. The first-order valence-corrected chi connectivity index (χ1v) is 3.39. The smallest absolute Gasteiger partial charge is 0.379 e. The highest BCUT2D eigenvalue weighted by atomic mass is 16.5. The average molecular weight is 173 g/mol. The van der Waals surface area contributed by atoms with Crippen molar-refractivity contribution < 1.29 is 19.4 Å². The Bertz CT molecular complexity index is 209. The summed E-state index contributed by atoms with van der Waals surface area (Å²) in [7, 11) is 0. The van der Waals surface area contributed by atoms with Crippen molar-refractivity contribution in [1.29, 1.82) is 0 Å². The fourth-order valence-corrected chi connectivity index (χ4v) is 0.475. The molecule has 0 aliphatic heterocycles. The van der Waals surface area contributed by atoms with E-state index >= 15 is 0 Å². The second-order valence-corrected chi connectivity index (χ2v) is 1.96. The van der Waals surface area contributed by atoms with Crippen LogP contribution in [0.2, 0.25) is 0 Å². The second kappa shape index (κ2) is 5.31. The van der Waals surface area contributed by atoms with E-state index in [2.05, 4.69) is 4.74 Å². The van der Waals surface area contributed by atoms with Gasteiger partial charge in [0.1, 0.15) is 0 Å². The molecule has 12 heavy (non-hydrogen) atoms. The van der Waals surface area contributed by atoms with Gasteiger partial charge in [-0.3, -0.25) is 4.79 Å². The van der Waals surface area contributed by atoms with Crippen molar-refractivity contribution in [2.75, 3.05) is 13.2 Å². The topological polar surface area (TPSA) is 89.6 Å². The SMILES string of the molecule is CCOC(=O)C(=O)C=C(N)CO. The lowest BCUT2D eigenvalue weighted by atomic mass is 10.3. The Kier molecular flexibility index (Phi) is 4.71. The normalized spacial score (nSPS) is 11.0. The first-order valence-electron chi connectivity index (χ1n) is 3.39. The Balaban J connectivity index is 4.12. The molecule has 0 rings (SSSR count). The predicted molar refractivity (Wildman–Crippen MR) is 41.0 cm³/mol. The molecule has 0 heterocycles. The van der Waals surface area contributed by atoms with Gasteiger partial charge in [-0.2, -0.15) is 0 Å². The lowest BCUT2D eigenvalue weighted by Crippen LogP contribution is -2.17. The van der Waals surface area contributed by atoms with Crippen LogP contribution in [0.25, 0.3) is 0 Å². The minimum atomic E-state index is -0.964. The Morgan fingerprint density at radius 3 is 2.58 bits per heavy atom. The van der Waals surface area contributed by atoms with Gasteiger partial charge < -0.3 is 15.6 Å². The maximum absolute atomic E-state index is 10.8. The van der Waals surface area contributed by atoms with Crippen molar-refractivity contribution in [3.8, 4) is 0 Å². The highest BCUT2D eigenvalue weighted by molar-refractivity contribution is 6.38. The van der Waals surface area contributed by atoms with Crippen LogP contribution in [0.1, 0.15) is 6.92 Å². The van der Waals surface area contributed by atoms with Crippen molar-refractivity contribution in [2.24, 2.45) is 5.73 Å². The molecule has 0 bridgehead atoms. The molecule has 0 unspecified atom stereocenters. The van der Waals surface area contributed by atoms with Crippen LogP contribution in [0.3, 0.4) is 0 Å². The molecule has 0 aliphatic rings. The first kappa shape index (κ1) is 10.6. The number of ketones is 1. The number of aliphatic hydroxyl groups is 1. The summed E-state index contributed by atoms with van der Waals surface area (Å²) in [4.78, 5) is 21.4. The van der Waals surface area contributed by atoms with Crippen molar-refractivity contribution in [2.45, 2.75) is 6.92 Å². The summed E-state index contributed by atoms with van der Waals surface area (Å²) in [5.74, 6) is -1.82. The number of rotatable bonds is 4. The summed E-state index contributed by atoms with van der Waals surface area (Å²) in [6.07, 6.45) is 0.845. The lowest BCUT2D eigenvalue weighted by Gasteiger charge is -1.97. The van der Waals surface area contributed by atoms with Crippen LogP contribution in [0.5, 0.6) is 0 Å². The van der Waals surface area contributed by atoms with Gasteiger partial charge >= 0.3 is 5.97 Å². The summed E-state index contributed by atoms with van der Waals surface area (Å²) in [5, 5.41) is 8.40. The third-order valence-corrected chi connectivity index (χ3v) is 0.976. The molecule has 0 atom stereocenters. The zero-order chi connectivity index (χ0) is 9.56. The third kappa shape index (κ3) is 3.72. The van der Waals surface area contributed by atoms with Crippen molar-refractivity contribution in [3.63, 3.8) is 0 Å². The number of aliphatic hydroxyl groups excluding tert-OH is 1. The van der Waals surface area contributed by atoms with Gasteiger partial charge in [0, 0.05) is 11.8 Å². The summed E-state index contributed by atoms with van der Waals surface area (Å²) < 4.78 is 4.38. The van der Waals surface area contributed by atoms with Gasteiger partial charge in [-0.1, -0.05) is 0 Å². The molecule has 0 spiro atoms. The predicted octanol–water partition coefficient (Wildman–Crippen LogP) is -1.05. The summed E-state index contributed by atoms with van der Waals surface area (Å²) in [6, 6.07) is 0. The van der Waals surface area contributed by atoms with E-state index in [4.69, 9.17) is 10.8 Å². The van der Waals surface area contributed by atoms with E-state index in [9.17, 15) is 9.59 Å². The van der Waals surface area contributed by atoms with Crippen LogP contribution in [0.15, 0.2) is 11.8 Å². The highest BCUT2D eigenvalue weighted by Gasteiger charge is 2.11. The average Bonchev–Trinajstić information content (AvgIpc) is 2.04. The maximum atomic E-state index is 10.8. The van der Waals surface area contributed by atoms with Crippen LogP contribution < -0.4 is 5.73 Å². The molecular formula is C7H11NO4. The van der Waals surface area contributed by atoms with Gasteiger partial charge in [-0.05, 0) is 6.92 Å². The van der Waals surface area contributed by atoms with Crippen LogP contribution in [0.4, 0.5) is 0 Å². The summed E-state index contributed by atoms with van der Waals surface area (Å²) >= 11 is 0. The van der Waals surface area contributed by atoms with Crippen LogP contribution in [-0.2, 0) is 14.3 Å². The molecule has 0 aromatic carbocycles. The number of carbonyl (C=O) groups is 2. The molecule has 5 heteroatoms. The Labute approximate surface area is 69.8 Å². The van der Waals surface area contributed by atoms with Gasteiger partial charge in [0.25, 0.3) is 5.78 Å². The molecule has 0 aliphatic carbocycles. The fourth-order valence-electron chi connectivity index (χ4n) is 0.475. The van der Waals surface area contributed by atoms with Crippen molar-refractivity contribution >= 4 is 11.8 Å². The molecule has 0 saturated carbocycles. The van der Waals surface area contributed by atoms with Crippen LogP contribution in [-0.4, -0.2) is 30.1 Å². The molecule has 0 radical (unpaired) electrons. The van der Waals surface area contributed by atoms with E-state index in [-0.39, 0.29) is 12.3 Å². The van der Waals surface area contributed by atoms with E-state index < -0.39 is 18.4 Å². The number of ether oxygens (including phenoxy) is 1. The largest absolute Gasteiger partial charge is 0.460 e. The van der Waals surface area contributed by atoms with Crippen LogP contribution in [0, 0.1) is 0 Å². The van der Waals surface area contributed by atoms with Crippen molar-refractivity contribution in [1.82, 2.24) is 0 Å². The molecule has 0 amide bonds. The van der Waals surface area contributed by atoms with E-state index in [0.29, 0.717) is 0 Å². The van der Waals surface area contributed by atoms with Crippen molar-refractivity contribution in [3.05, 3.63) is 11.8 Å². The van der Waals surface area contributed by atoms with E-state index in [0.717, 1.165) is 6.08 Å². The van der Waals surface area contributed by atoms with E-state index in [1.54, 1.807) is 6.92 Å². The Morgan fingerprint density at radius 2 is 2.17 bits per heavy atom. The zero-order valence-electron chi connectivity index (χ0n) is 6.74. The minimum absolute atomic E-state index is 0.0620. The van der Waals surface area contributed by atoms with E-state index in [1.807, 2.05) is 0 Å². The molecular weight excluding hydrogens is 162 g/mol. The molecule has 68 valence electrons. The number of nitrogens with two attached hydrogens (primary N) is 1. The number of carbonyl (C=O) groups excluding carboxylic acids is 2. The highest BCUT2D eigenvalue weighted by Crippen LogP contribution is 1.87. The number of hydrogen-bond donors (Lipinski definition) is 2. The van der Waals surface area contributed by atoms with Gasteiger partial charge in [0.05, 0.1) is 13.2 Å². The third-order valence-electron chi connectivity index (χ3n) is 0.976. The van der Waals surface area contributed by atoms with E-state index in [1.165, 1.54) is 0 Å². The number of hydrogen-bond acceptors (Lipinski definition) is 5. The Morgan fingerprint density at radius 1 is 1.58 bits per heavy atom. The quantitative estimate of drug-likeness (QED) is 0.322. The maximum Gasteiger partial charge on any atom is 0.379 e. The summed E-state index contributed by atoms with van der Waals surface area (Å²) in [6.45, 7) is 1.27. The van der Waals surface area contributed by atoms with Gasteiger partial charge in [-0.15, -0.1) is 0 Å². The fraction of sp³-hybridized carbons (Fsp3) is 0.429. The minimum Gasteiger partial charge on any atom is -0.460 e. The second-order valence-electron chi connectivity index (χ2n) is 1.96. The van der Waals surface area contributed by atoms with Gasteiger partial charge in [0.15, 0.2) is 0 Å². The lowest BCUT2D eigenvalue weighted by molar-refractivity contribution is -0.151. The molecule has 0 saturated heterocycles. The standard InChI is InChI=1S/C7H11NO4/c1-2-12-7(11)6(10)3-5(8)4-9/h3,9H,2,4,8H2,1H3. The molecule has 0 aromatic heterocycles. The molecule has 5 nitrogen and oxygen atoms in total.